The molecule has 0 aliphatic carbocycles. The number of sulfonamides is 1. The standard InChI is InChI=1S/C16H14F4N4O3S.H2S/c1-9(16(18,19)20)23-28(26,27)13-8-24(2)15(14(13)17)12(25)6-10-3-4-22-11(5-10)7-21;/h3-5,8-9,23H,6H2,1-2H3;1H2/t9-;/m0./s1. The maximum atomic E-state index is 14.6. The third kappa shape index (κ3) is 5.55. The van der Waals surface area contributed by atoms with Gasteiger partial charge in [0.1, 0.15) is 28.4 Å². The molecule has 13 heteroatoms. The zero-order valence-electron chi connectivity index (χ0n) is 15.1. The summed E-state index contributed by atoms with van der Waals surface area (Å²) in [6.45, 7) is 0.570. The second-order valence-electron chi connectivity index (χ2n) is 5.91. The number of halogens is 4. The minimum absolute atomic E-state index is 0. The smallest absolute Gasteiger partial charge is 0.344 e. The topological polar surface area (TPSA) is 105 Å². The molecule has 1 N–H and O–H groups in total. The number of aryl methyl sites for hydroxylation is 1. The molecule has 0 saturated heterocycles. The number of hydrogen-bond acceptors (Lipinski definition) is 5. The number of alkyl halides is 3. The third-order valence-electron chi connectivity index (χ3n) is 3.77. The lowest BCUT2D eigenvalue weighted by Gasteiger charge is -2.16. The van der Waals surface area contributed by atoms with Gasteiger partial charge in [0.05, 0.1) is 0 Å². The summed E-state index contributed by atoms with van der Waals surface area (Å²) in [6.07, 6.45) is -3.23. The van der Waals surface area contributed by atoms with Crippen molar-refractivity contribution in [3.8, 4) is 6.07 Å². The Hall–Kier alpha value is -2.43. The second-order valence-corrected chi connectivity index (χ2v) is 7.59. The van der Waals surface area contributed by atoms with Crippen molar-refractivity contribution in [2.45, 2.75) is 30.5 Å². The molecule has 0 aromatic carbocycles. The number of nitriles is 1. The summed E-state index contributed by atoms with van der Waals surface area (Å²) < 4.78 is 78.9. The van der Waals surface area contributed by atoms with Crippen LogP contribution in [0, 0.1) is 17.1 Å². The van der Waals surface area contributed by atoms with Crippen LogP contribution in [-0.4, -0.2) is 36.0 Å². The predicted molar refractivity (Wildman–Crippen MR) is 98.6 cm³/mol. The van der Waals surface area contributed by atoms with Crippen molar-refractivity contribution < 1.29 is 30.8 Å². The summed E-state index contributed by atoms with van der Waals surface area (Å²) in [7, 11) is -3.67. The molecule has 0 radical (unpaired) electrons. The van der Waals surface area contributed by atoms with Gasteiger partial charge in [-0.3, -0.25) is 4.79 Å². The van der Waals surface area contributed by atoms with Crippen LogP contribution in [0.1, 0.15) is 28.7 Å². The van der Waals surface area contributed by atoms with Crippen molar-refractivity contribution in [2.24, 2.45) is 7.05 Å². The van der Waals surface area contributed by atoms with E-state index in [2.05, 4.69) is 4.98 Å². The lowest BCUT2D eigenvalue weighted by Crippen LogP contribution is -2.43. The van der Waals surface area contributed by atoms with Crippen LogP contribution in [0.4, 0.5) is 17.6 Å². The maximum absolute atomic E-state index is 14.6. The van der Waals surface area contributed by atoms with Crippen LogP contribution >= 0.6 is 13.5 Å². The van der Waals surface area contributed by atoms with Gasteiger partial charge in [-0.15, -0.1) is 0 Å². The zero-order valence-corrected chi connectivity index (χ0v) is 16.9. The van der Waals surface area contributed by atoms with E-state index >= 15 is 0 Å². The summed E-state index contributed by atoms with van der Waals surface area (Å²) >= 11 is 0. The third-order valence-corrected chi connectivity index (χ3v) is 5.30. The van der Waals surface area contributed by atoms with Gasteiger partial charge >= 0.3 is 6.18 Å². The average Bonchev–Trinajstić information content (AvgIpc) is 2.89. The van der Waals surface area contributed by atoms with Gasteiger partial charge in [-0.25, -0.2) is 17.8 Å². The molecule has 1 atom stereocenters. The predicted octanol–water partition coefficient (Wildman–Crippen LogP) is 2.20. The molecule has 2 aromatic rings. The molecule has 0 aliphatic rings. The molecule has 2 heterocycles. The highest BCUT2D eigenvalue weighted by Crippen LogP contribution is 2.25. The fraction of sp³-hybridized carbons (Fsp3) is 0.312. The average molecular weight is 452 g/mol. The highest BCUT2D eigenvalue weighted by molar-refractivity contribution is 7.89. The van der Waals surface area contributed by atoms with Crippen LogP contribution in [-0.2, 0) is 23.5 Å². The molecule has 29 heavy (non-hydrogen) atoms. The zero-order chi connectivity index (χ0) is 21.3. The lowest BCUT2D eigenvalue weighted by molar-refractivity contribution is -0.147. The van der Waals surface area contributed by atoms with Crippen LogP contribution < -0.4 is 4.72 Å². The molecule has 158 valence electrons. The molecule has 7 nitrogen and oxygen atoms in total. The quantitative estimate of drug-likeness (QED) is 0.535. The van der Waals surface area contributed by atoms with Crippen molar-refractivity contribution in [3.05, 3.63) is 47.3 Å². The van der Waals surface area contributed by atoms with Gasteiger partial charge in [0.25, 0.3) is 0 Å². The summed E-state index contributed by atoms with van der Waals surface area (Å²) in [4.78, 5) is 15.1. The van der Waals surface area contributed by atoms with Gasteiger partial charge in [0, 0.05) is 25.9 Å². The minimum atomic E-state index is -4.86. The van der Waals surface area contributed by atoms with Crippen LogP contribution in [0.2, 0.25) is 0 Å². The van der Waals surface area contributed by atoms with Crippen molar-refractivity contribution >= 4 is 29.3 Å². The first kappa shape index (κ1) is 24.6. The largest absolute Gasteiger partial charge is 0.404 e. The first-order chi connectivity index (χ1) is 12.9. The van der Waals surface area contributed by atoms with E-state index < -0.39 is 44.4 Å². The highest BCUT2D eigenvalue weighted by atomic mass is 32.2. The Balaban J connectivity index is 0.00000420. The number of hydrogen-bond donors (Lipinski definition) is 1. The van der Waals surface area contributed by atoms with Crippen LogP contribution in [0.15, 0.2) is 29.4 Å². The summed E-state index contributed by atoms with van der Waals surface area (Å²) in [5, 5.41) is 8.81. The number of pyridine rings is 1. The molecule has 0 unspecified atom stereocenters. The van der Waals surface area contributed by atoms with Crippen LogP contribution in [0.25, 0.3) is 0 Å². The Kier molecular flexibility index (Phi) is 7.58. The Morgan fingerprint density at radius 1 is 1.41 bits per heavy atom. The number of ketones is 1. The maximum Gasteiger partial charge on any atom is 0.404 e. The molecular formula is C16H16F4N4O3S2. The van der Waals surface area contributed by atoms with E-state index in [1.807, 2.05) is 0 Å². The van der Waals surface area contributed by atoms with E-state index in [1.54, 1.807) is 6.07 Å². The number of aromatic nitrogens is 2. The van der Waals surface area contributed by atoms with Crippen molar-refractivity contribution in [2.75, 3.05) is 0 Å². The van der Waals surface area contributed by atoms with Gasteiger partial charge in [-0.2, -0.15) is 36.7 Å². The molecule has 0 saturated carbocycles. The SMILES string of the molecule is C[C@H](NS(=O)(=O)c1cn(C)c(C(=O)Cc2ccnc(C#N)c2)c1F)C(F)(F)F.S. The number of Topliss-reactive ketones (excluding diaryl/α,β-unsaturated/α-hetero) is 1. The molecule has 2 rings (SSSR count). The van der Waals surface area contributed by atoms with E-state index in [-0.39, 0.29) is 25.6 Å². The van der Waals surface area contributed by atoms with Crippen LogP contribution in [0.3, 0.4) is 0 Å². The molecule has 0 aliphatic heterocycles. The normalized spacial score (nSPS) is 12.7. The Morgan fingerprint density at radius 2 is 2.03 bits per heavy atom. The van der Waals surface area contributed by atoms with Crippen LogP contribution in [0.5, 0.6) is 0 Å². The van der Waals surface area contributed by atoms with Gasteiger partial charge in [0.2, 0.25) is 10.0 Å². The number of rotatable bonds is 6. The summed E-state index contributed by atoms with van der Waals surface area (Å²) in [6, 6.07) is 2.06. The van der Waals surface area contributed by atoms with E-state index in [4.69, 9.17) is 5.26 Å². The number of nitrogens with zero attached hydrogens (tertiary/aromatic N) is 3. The summed E-state index contributed by atoms with van der Waals surface area (Å²) in [5.41, 5.74) is -0.244. The minimum Gasteiger partial charge on any atom is -0.344 e. The molecule has 0 spiro atoms. The van der Waals surface area contributed by atoms with Gasteiger partial charge in [-0.1, -0.05) is 0 Å². The number of carbonyl (C=O) groups excluding carboxylic acids is 1. The van der Waals surface area contributed by atoms with E-state index in [0.29, 0.717) is 12.5 Å². The number of nitrogens with one attached hydrogen (secondary N) is 1. The van der Waals surface area contributed by atoms with Gasteiger partial charge < -0.3 is 4.57 Å². The Bertz CT molecular complexity index is 1060. The Labute approximate surface area is 170 Å². The van der Waals surface area contributed by atoms with E-state index in [1.165, 1.54) is 30.1 Å². The fourth-order valence-electron chi connectivity index (χ4n) is 2.35. The molecule has 0 amide bonds. The van der Waals surface area contributed by atoms with Crippen molar-refractivity contribution in [3.63, 3.8) is 0 Å². The molecule has 2 aromatic heterocycles. The monoisotopic (exact) mass is 452 g/mol. The first-order valence-electron chi connectivity index (χ1n) is 7.69. The van der Waals surface area contributed by atoms with Crippen molar-refractivity contribution in [1.82, 2.24) is 14.3 Å². The fourth-order valence-corrected chi connectivity index (χ4v) is 3.71. The molecule has 0 bridgehead atoms. The number of carbonyl (C=O) groups is 1. The molecule has 0 fully saturated rings. The van der Waals surface area contributed by atoms with Gasteiger partial charge in [-0.05, 0) is 24.6 Å². The second kappa shape index (κ2) is 8.93. The molecular weight excluding hydrogens is 436 g/mol. The summed E-state index contributed by atoms with van der Waals surface area (Å²) in [5.74, 6) is -2.27. The van der Waals surface area contributed by atoms with Crippen molar-refractivity contribution in [1.29, 1.82) is 5.26 Å². The van der Waals surface area contributed by atoms with Gasteiger partial charge in [0.15, 0.2) is 11.6 Å². The van der Waals surface area contributed by atoms with E-state index in [9.17, 15) is 30.8 Å². The lowest BCUT2D eigenvalue weighted by atomic mass is 10.1. The first-order valence-corrected chi connectivity index (χ1v) is 9.17. The van der Waals surface area contributed by atoms with E-state index in [0.717, 1.165) is 10.8 Å². The Morgan fingerprint density at radius 3 is 2.59 bits per heavy atom. The highest BCUT2D eigenvalue weighted by Gasteiger charge is 2.40.